The Kier molecular flexibility index (Phi) is 6.62. The molecule has 0 aliphatic carbocycles. The van der Waals surface area contributed by atoms with Gasteiger partial charge in [0, 0.05) is 29.5 Å². The van der Waals surface area contributed by atoms with Gasteiger partial charge in [-0.3, -0.25) is 4.79 Å². The molecule has 0 radical (unpaired) electrons. The van der Waals surface area contributed by atoms with Crippen molar-refractivity contribution >= 4 is 39.0 Å². The highest BCUT2D eigenvalue weighted by Gasteiger charge is 2.17. The van der Waals surface area contributed by atoms with Crippen LogP contribution >= 0.6 is 28.1 Å². The topological polar surface area (TPSA) is 46.3 Å². The van der Waals surface area contributed by atoms with Crippen molar-refractivity contribution in [3.63, 3.8) is 0 Å². The normalized spacial score (nSPS) is 10.7. The van der Waals surface area contributed by atoms with Crippen molar-refractivity contribution in [1.82, 2.24) is 4.90 Å². The van der Waals surface area contributed by atoms with Crippen LogP contribution in [0.2, 0.25) is 0 Å². The number of carbonyl (C=O) groups excluding carboxylic acids is 1. The van der Waals surface area contributed by atoms with Crippen LogP contribution in [0.25, 0.3) is 0 Å². The van der Waals surface area contributed by atoms with Gasteiger partial charge < -0.3 is 10.6 Å². The second kappa shape index (κ2) is 7.74. The van der Waals surface area contributed by atoms with Crippen molar-refractivity contribution in [2.24, 2.45) is 11.7 Å². The molecule has 0 heterocycles. The fourth-order valence-electron chi connectivity index (χ4n) is 1.87. The number of hydrogen-bond acceptors (Lipinski definition) is 2. The van der Waals surface area contributed by atoms with E-state index >= 15 is 0 Å². The van der Waals surface area contributed by atoms with E-state index in [0.717, 1.165) is 10.0 Å². The molecule has 1 amide bonds. The summed E-state index contributed by atoms with van der Waals surface area (Å²) in [5.74, 6) is 0.426. The quantitative estimate of drug-likeness (QED) is 0.793. The molecule has 0 bridgehead atoms. The first-order chi connectivity index (χ1) is 9.31. The third-order valence-corrected chi connectivity index (χ3v) is 3.98. The zero-order chi connectivity index (χ0) is 15.3. The Hall–Kier alpha value is -0.940. The monoisotopic (exact) mass is 356 g/mol. The van der Waals surface area contributed by atoms with Crippen LogP contribution in [0.4, 0.5) is 0 Å². The molecule has 1 rings (SSSR count). The average molecular weight is 357 g/mol. The van der Waals surface area contributed by atoms with Gasteiger partial charge in [-0.15, -0.1) is 0 Å². The first-order valence-electron chi connectivity index (χ1n) is 6.65. The number of amides is 1. The molecular weight excluding hydrogens is 336 g/mol. The third-order valence-electron chi connectivity index (χ3n) is 2.92. The Morgan fingerprint density at radius 2 is 2.10 bits per heavy atom. The van der Waals surface area contributed by atoms with Crippen LogP contribution in [-0.2, 0) is 0 Å². The number of carbonyl (C=O) groups is 1. The summed E-state index contributed by atoms with van der Waals surface area (Å²) in [7, 11) is 0. The summed E-state index contributed by atoms with van der Waals surface area (Å²) in [4.78, 5) is 14.8. The minimum atomic E-state index is 0.0238. The maximum atomic E-state index is 12.6. The summed E-state index contributed by atoms with van der Waals surface area (Å²) in [5, 5.41) is 0. The number of halogens is 1. The summed E-state index contributed by atoms with van der Waals surface area (Å²) in [6, 6.07) is 5.67. The Bertz CT molecular complexity index is 503. The van der Waals surface area contributed by atoms with Crippen molar-refractivity contribution in [1.29, 1.82) is 0 Å². The molecule has 0 unspecified atom stereocenters. The van der Waals surface area contributed by atoms with Gasteiger partial charge in [-0.2, -0.15) is 0 Å². The molecule has 0 aromatic heterocycles. The number of benzene rings is 1. The van der Waals surface area contributed by atoms with E-state index in [1.54, 1.807) is 0 Å². The van der Waals surface area contributed by atoms with Crippen LogP contribution in [0.1, 0.15) is 36.2 Å². The van der Waals surface area contributed by atoms with Gasteiger partial charge >= 0.3 is 0 Å². The van der Waals surface area contributed by atoms with E-state index in [1.807, 2.05) is 30.0 Å². The van der Waals surface area contributed by atoms with Gasteiger partial charge in [-0.25, -0.2) is 0 Å². The summed E-state index contributed by atoms with van der Waals surface area (Å²) >= 11 is 8.37. The Morgan fingerprint density at radius 1 is 1.45 bits per heavy atom. The fraction of sp³-hybridized carbons (Fsp3) is 0.467. The van der Waals surface area contributed by atoms with Crippen LogP contribution in [0, 0.1) is 12.8 Å². The van der Waals surface area contributed by atoms with Gasteiger partial charge in [0.25, 0.3) is 5.91 Å². The molecular formula is C15H21BrN2OS. The average Bonchev–Trinajstić information content (AvgIpc) is 2.36. The Balaban J connectivity index is 2.90. The van der Waals surface area contributed by atoms with Crippen LogP contribution < -0.4 is 5.73 Å². The largest absolute Gasteiger partial charge is 0.393 e. The molecule has 110 valence electrons. The molecule has 3 nitrogen and oxygen atoms in total. The van der Waals surface area contributed by atoms with Crippen molar-refractivity contribution < 1.29 is 4.79 Å². The third kappa shape index (κ3) is 5.21. The summed E-state index contributed by atoms with van der Waals surface area (Å²) in [6.45, 7) is 7.44. The van der Waals surface area contributed by atoms with Crippen LogP contribution in [0.15, 0.2) is 22.7 Å². The Labute approximate surface area is 134 Å². The van der Waals surface area contributed by atoms with Crippen LogP contribution in [-0.4, -0.2) is 28.9 Å². The number of hydrogen-bond donors (Lipinski definition) is 1. The van der Waals surface area contributed by atoms with Crippen molar-refractivity contribution in [2.45, 2.75) is 27.2 Å². The number of thiocarbonyl (C=S) groups is 1. The molecule has 0 fully saturated rings. The lowest BCUT2D eigenvalue weighted by Gasteiger charge is -2.24. The maximum absolute atomic E-state index is 12.6. The van der Waals surface area contributed by atoms with Gasteiger partial charge in [-0.05, 0) is 30.5 Å². The number of nitrogens with two attached hydrogens (primary N) is 1. The predicted molar refractivity (Wildman–Crippen MR) is 91.0 cm³/mol. The van der Waals surface area contributed by atoms with E-state index in [4.69, 9.17) is 18.0 Å². The van der Waals surface area contributed by atoms with E-state index in [2.05, 4.69) is 29.8 Å². The molecule has 2 N–H and O–H groups in total. The molecule has 1 aromatic rings. The summed E-state index contributed by atoms with van der Waals surface area (Å²) in [6.07, 6.45) is 0.556. The van der Waals surface area contributed by atoms with E-state index in [9.17, 15) is 4.79 Å². The molecule has 0 aliphatic heterocycles. The van der Waals surface area contributed by atoms with Crippen LogP contribution in [0.5, 0.6) is 0 Å². The zero-order valence-corrected chi connectivity index (χ0v) is 14.6. The summed E-state index contributed by atoms with van der Waals surface area (Å²) in [5.41, 5.74) is 7.34. The fourth-order valence-corrected chi connectivity index (χ4v) is 2.34. The number of aryl methyl sites for hydroxylation is 1. The number of nitrogens with zero attached hydrogens (tertiary/aromatic N) is 1. The minimum Gasteiger partial charge on any atom is -0.393 e. The molecule has 20 heavy (non-hydrogen) atoms. The van der Waals surface area contributed by atoms with Crippen LogP contribution in [0.3, 0.4) is 0 Å². The molecule has 0 spiro atoms. The SMILES string of the molecule is Cc1ccc(C(=O)N(CCC(N)=S)CC(C)C)cc1Br. The van der Waals surface area contributed by atoms with Gasteiger partial charge in [-0.1, -0.05) is 48.1 Å². The van der Waals surface area contributed by atoms with Gasteiger partial charge in [0.1, 0.15) is 0 Å². The zero-order valence-electron chi connectivity index (χ0n) is 12.1. The first kappa shape index (κ1) is 17.1. The minimum absolute atomic E-state index is 0.0238. The highest BCUT2D eigenvalue weighted by atomic mass is 79.9. The van der Waals surface area contributed by atoms with E-state index in [0.29, 0.717) is 36.0 Å². The lowest BCUT2D eigenvalue weighted by Crippen LogP contribution is -2.36. The van der Waals surface area contributed by atoms with E-state index in [1.165, 1.54) is 0 Å². The van der Waals surface area contributed by atoms with Crippen molar-refractivity contribution in [3.05, 3.63) is 33.8 Å². The molecule has 1 aromatic carbocycles. The lowest BCUT2D eigenvalue weighted by molar-refractivity contribution is 0.0741. The van der Waals surface area contributed by atoms with E-state index < -0.39 is 0 Å². The number of rotatable bonds is 6. The molecule has 0 aliphatic rings. The summed E-state index contributed by atoms with van der Waals surface area (Å²) < 4.78 is 0.946. The highest BCUT2D eigenvalue weighted by Crippen LogP contribution is 2.19. The van der Waals surface area contributed by atoms with Crippen molar-refractivity contribution in [2.75, 3.05) is 13.1 Å². The second-order valence-electron chi connectivity index (χ2n) is 5.33. The Morgan fingerprint density at radius 3 is 2.60 bits per heavy atom. The molecule has 0 saturated heterocycles. The molecule has 0 saturated carbocycles. The maximum Gasteiger partial charge on any atom is 0.253 e. The van der Waals surface area contributed by atoms with Gasteiger partial charge in [0.05, 0.1) is 4.99 Å². The highest BCUT2D eigenvalue weighted by molar-refractivity contribution is 9.10. The van der Waals surface area contributed by atoms with Crippen molar-refractivity contribution in [3.8, 4) is 0 Å². The standard InChI is InChI=1S/C15H21BrN2OS/c1-10(2)9-18(7-6-14(17)20)15(19)12-5-4-11(3)13(16)8-12/h4-5,8,10H,6-7,9H2,1-3H3,(H2,17,20). The molecule has 0 atom stereocenters. The second-order valence-corrected chi connectivity index (χ2v) is 6.70. The van der Waals surface area contributed by atoms with E-state index in [-0.39, 0.29) is 5.91 Å². The van der Waals surface area contributed by atoms with Gasteiger partial charge in [0.2, 0.25) is 0 Å². The predicted octanol–water partition coefficient (Wildman–Crippen LogP) is 3.53. The van der Waals surface area contributed by atoms with Gasteiger partial charge in [0.15, 0.2) is 0 Å². The first-order valence-corrected chi connectivity index (χ1v) is 7.85. The lowest BCUT2D eigenvalue weighted by atomic mass is 10.1. The molecule has 5 heteroatoms. The smallest absolute Gasteiger partial charge is 0.253 e.